The lowest BCUT2D eigenvalue weighted by Crippen LogP contribution is -2.52. The Morgan fingerprint density at radius 2 is 2.00 bits per heavy atom. The molecule has 2 rings (SSSR count). The standard InChI is InChI=1S/C11H18ClNO3/c12-7-10-8-16-6-3-13(10)11(14)9-1-4-15-5-2-9/h9-10H,1-8H2. The van der Waals surface area contributed by atoms with E-state index in [1.54, 1.807) is 0 Å². The van der Waals surface area contributed by atoms with E-state index in [0.717, 1.165) is 12.8 Å². The topological polar surface area (TPSA) is 38.8 Å². The molecule has 4 nitrogen and oxygen atoms in total. The number of halogens is 1. The quantitative estimate of drug-likeness (QED) is 0.680. The third-order valence-corrected chi connectivity index (χ3v) is 3.62. The lowest BCUT2D eigenvalue weighted by Gasteiger charge is -2.37. The summed E-state index contributed by atoms with van der Waals surface area (Å²) in [7, 11) is 0. The molecule has 2 fully saturated rings. The summed E-state index contributed by atoms with van der Waals surface area (Å²) in [5.41, 5.74) is 0. The van der Waals surface area contributed by atoms with Gasteiger partial charge in [0.1, 0.15) is 0 Å². The van der Waals surface area contributed by atoms with Crippen LogP contribution >= 0.6 is 11.6 Å². The smallest absolute Gasteiger partial charge is 0.226 e. The van der Waals surface area contributed by atoms with E-state index in [1.165, 1.54) is 0 Å². The minimum atomic E-state index is 0.0470. The summed E-state index contributed by atoms with van der Waals surface area (Å²) in [6.45, 7) is 3.27. The molecule has 5 heteroatoms. The molecule has 1 amide bonds. The Hall–Kier alpha value is -0.320. The highest BCUT2D eigenvalue weighted by atomic mass is 35.5. The molecule has 16 heavy (non-hydrogen) atoms. The van der Waals surface area contributed by atoms with Gasteiger partial charge in [0.15, 0.2) is 0 Å². The molecule has 0 aliphatic carbocycles. The van der Waals surface area contributed by atoms with Gasteiger partial charge in [-0.2, -0.15) is 0 Å². The van der Waals surface area contributed by atoms with E-state index in [9.17, 15) is 4.79 Å². The van der Waals surface area contributed by atoms with Crippen molar-refractivity contribution in [3.8, 4) is 0 Å². The Bertz CT molecular complexity index is 243. The number of morpholine rings is 1. The third kappa shape index (κ3) is 2.67. The Labute approximate surface area is 101 Å². The molecule has 1 atom stereocenters. The number of carbonyl (C=O) groups is 1. The van der Waals surface area contributed by atoms with Gasteiger partial charge in [0.2, 0.25) is 5.91 Å². The van der Waals surface area contributed by atoms with E-state index in [-0.39, 0.29) is 17.9 Å². The predicted octanol–water partition coefficient (Wildman–Crippen LogP) is 0.879. The molecule has 0 radical (unpaired) electrons. The van der Waals surface area contributed by atoms with Crippen LogP contribution in [0.25, 0.3) is 0 Å². The summed E-state index contributed by atoms with van der Waals surface area (Å²) in [5.74, 6) is 0.810. The second-order valence-corrected chi connectivity index (χ2v) is 4.61. The summed E-state index contributed by atoms with van der Waals surface area (Å²) in [5, 5.41) is 0. The van der Waals surface area contributed by atoms with Gasteiger partial charge in [-0.05, 0) is 12.8 Å². The molecule has 0 saturated carbocycles. The molecule has 0 aromatic heterocycles. The fourth-order valence-corrected chi connectivity index (χ4v) is 2.51. The fourth-order valence-electron chi connectivity index (χ4n) is 2.25. The average Bonchev–Trinajstić information content (AvgIpc) is 2.39. The van der Waals surface area contributed by atoms with Crippen molar-refractivity contribution in [2.45, 2.75) is 18.9 Å². The molecule has 0 aromatic carbocycles. The van der Waals surface area contributed by atoms with Gasteiger partial charge < -0.3 is 14.4 Å². The summed E-state index contributed by atoms with van der Waals surface area (Å²) in [6.07, 6.45) is 1.68. The van der Waals surface area contributed by atoms with Crippen LogP contribution in [-0.4, -0.2) is 55.7 Å². The maximum absolute atomic E-state index is 12.3. The summed E-state index contributed by atoms with van der Waals surface area (Å²) in [4.78, 5) is 14.2. The van der Waals surface area contributed by atoms with Crippen molar-refractivity contribution in [1.29, 1.82) is 0 Å². The molecule has 0 bridgehead atoms. The molecule has 0 spiro atoms. The third-order valence-electron chi connectivity index (χ3n) is 3.26. The number of alkyl halides is 1. The van der Waals surface area contributed by atoms with Crippen LogP contribution in [0.2, 0.25) is 0 Å². The van der Waals surface area contributed by atoms with Crippen LogP contribution in [0.3, 0.4) is 0 Å². The predicted molar refractivity (Wildman–Crippen MR) is 60.6 cm³/mol. The van der Waals surface area contributed by atoms with Gasteiger partial charge in [-0.25, -0.2) is 0 Å². The van der Waals surface area contributed by atoms with Crippen molar-refractivity contribution in [2.75, 3.05) is 38.9 Å². The maximum Gasteiger partial charge on any atom is 0.226 e. The molecule has 2 heterocycles. The maximum atomic E-state index is 12.3. The van der Waals surface area contributed by atoms with Crippen molar-refractivity contribution in [3.63, 3.8) is 0 Å². The molecule has 0 aromatic rings. The summed E-state index contributed by atoms with van der Waals surface area (Å²) >= 11 is 5.86. The zero-order valence-electron chi connectivity index (χ0n) is 9.36. The SMILES string of the molecule is O=C(C1CCOCC1)N1CCOCC1CCl. The molecule has 1 unspecified atom stereocenters. The van der Waals surface area contributed by atoms with E-state index in [1.807, 2.05) is 4.90 Å². The Kier molecular flexibility index (Phi) is 4.44. The second kappa shape index (κ2) is 5.84. The van der Waals surface area contributed by atoms with Crippen molar-refractivity contribution >= 4 is 17.5 Å². The van der Waals surface area contributed by atoms with Gasteiger partial charge in [0, 0.05) is 31.6 Å². The largest absolute Gasteiger partial charge is 0.381 e. The number of rotatable bonds is 2. The molecular formula is C11H18ClNO3. The van der Waals surface area contributed by atoms with Crippen LogP contribution in [0.5, 0.6) is 0 Å². The van der Waals surface area contributed by atoms with Crippen molar-refractivity contribution in [2.24, 2.45) is 5.92 Å². The summed E-state index contributed by atoms with van der Waals surface area (Å²) in [6, 6.07) is 0.0470. The van der Waals surface area contributed by atoms with E-state index < -0.39 is 0 Å². The zero-order chi connectivity index (χ0) is 11.4. The van der Waals surface area contributed by atoms with Gasteiger partial charge in [0.05, 0.1) is 19.3 Å². The normalized spacial score (nSPS) is 28.1. The molecule has 2 aliphatic heterocycles. The van der Waals surface area contributed by atoms with Gasteiger partial charge in [-0.3, -0.25) is 4.79 Å². The van der Waals surface area contributed by atoms with Crippen LogP contribution < -0.4 is 0 Å². The van der Waals surface area contributed by atoms with Gasteiger partial charge in [-0.15, -0.1) is 11.6 Å². The van der Waals surface area contributed by atoms with Crippen LogP contribution in [0, 0.1) is 5.92 Å². The first-order chi connectivity index (χ1) is 7.83. The second-order valence-electron chi connectivity index (χ2n) is 4.30. The number of nitrogens with zero attached hydrogens (tertiary/aromatic N) is 1. The van der Waals surface area contributed by atoms with Gasteiger partial charge in [-0.1, -0.05) is 0 Å². The van der Waals surface area contributed by atoms with Crippen molar-refractivity contribution in [3.05, 3.63) is 0 Å². The van der Waals surface area contributed by atoms with Crippen molar-refractivity contribution < 1.29 is 14.3 Å². The minimum absolute atomic E-state index is 0.0470. The minimum Gasteiger partial charge on any atom is -0.381 e. The van der Waals surface area contributed by atoms with Gasteiger partial charge in [0.25, 0.3) is 0 Å². The first-order valence-corrected chi connectivity index (χ1v) is 6.38. The zero-order valence-corrected chi connectivity index (χ0v) is 10.1. The number of ether oxygens (including phenoxy) is 2. The highest BCUT2D eigenvalue weighted by molar-refractivity contribution is 6.18. The Balaban J connectivity index is 1.95. The van der Waals surface area contributed by atoms with Crippen LogP contribution in [0.1, 0.15) is 12.8 Å². The van der Waals surface area contributed by atoms with E-state index in [2.05, 4.69) is 0 Å². The first kappa shape index (κ1) is 12.1. The Morgan fingerprint density at radius 3 is 2.69 bits per heavy atom. The van der Waals surface area contributed by atoms with Gasteiger partial charge >= 0.3 is 0 Å². The molecular weight excluding hydrogens is 230 g/mol. The van der Waals surface area contributed by atoms with Crippen LogP contribution in [-0.2, 0) is 14.3 Å². The molecule has 2 saturated heterocycles. The van der Waals surface area contributed by atoms with Crippen LogP contribution in [0.4, 0.5) is 0 Å². The van der Waals surface area contributed by atoms with E-state index in [4.69, 9.17) is 21.1 Å². The molecule has 92 valence electrons. The average molecular weight is 248 g/mol. The highest BCUT2D eigenvalue weighted by Gasteiger charge is 2.32. The lowest BCUT2D eigenvalue weighted by molar-refractivity contribution is -0.146. The number of amides is 1. The lowest BCUT2D eigenvalue weighted by atomic mass is 9.98. The van der Waals surface area contributed by atoms with E-state index >= 15 is 0 Å². The fraction of sp³-hybridized carbons (Fsp3) is 0.909. The number of hydrogen-bond donors (Lipinski definition) is 0. The highest BCUT2D eigenvalue weighted by Crippen LogP contribution is 2.20. The van der Waals surface area contributed by atoms with E-state index in [0.29, 0.717) is 38.9 Å². The number of hydrogen-bond acceptors (Lipinski definition) is 3. The van der Waals surface area contributed by atoms with Crippen molar-refractivity contribution in [1.82, 2.24) is 4.90 Å². The first-order valence-electron chi connectivity index (χ1n) is 5.85. The summed E-state index contributed by atoms with van der Waals surface area (Å²) < 4.78 is 10.6. The Morgan fingerprint density at radius 1 is 1.25 bits per heavy atom. The molecule has 2 aliphatic rings. The molecule has 0 N–H and O–H groups in total. The number of carbonyl (C=O) groups excluding carboxylic acids is 1. The van der Waals surface area contributed by atoms with Crippen LogP contribution in [0.15, 0.2) is 0 Å². The monoisotopic (exact) mass is 247 g/mol.